The normalized spacial score (nSPS) is 10.7. The van der Waals surface area contributed by atoms with Crippen LogP contribution in [0.3, 0.4) is 0 Å². The van der Waals surface area contributed by atoms with Crippen LogP contribution in [0.5, 0.6) is 0 Å². The number of esters is 2. The van der Waals surface area contributed by atoms with E-state index in [1.165, 1.54) is 13.3 Å². The van der Waals surface area contributed by atoms with Crippen LogP contribution < -0.4 is 10.6 Å². The molecule has 33 heavy (non-hydrogen) atoms. The molecule has 2 amide bonds. The summed E-state index contributed by atoms with van der Waals surface area (Å²) in [5.74, 6) is -2.30. The number of nitrogens with one attached hydrogen (secondary N) is 2. The molecule has 2 heterocycles. The highest BCUT2D eigenvalue weighted by molar-refractivity contribution is 7.18. The van der Waals surface area contributed by atoms with Gasteiger partial charge in [0.2, 0.25) is 0 Å². The zero-order chi connectivity index (χ0) is 24.1. The SMILES string of the molecule is CCOC(=O)c1c(NC(=O)COC(=O)Cc2coc3cc(C)ccc23)sc(C(=O)NC)c1C. The number of ether oxygens (including phenoxy) is 2. The average Bonchev–Trinajstić information content (AvgIpc) is 3.31. The first-order chi connectivity index (χ1) is 15.7. The first kappa shape index (κ1) is 24.0. The van der Waals surface area contributed by atoms with Crippen LogP contribution in [-0.2, 0) is 25.5 Å². The third kappa shape index (κ3) is 5.40. The van der Waals surface area contributed by atoms with E-state index in [2.05, 4.69) is 10.6 Å². The smallest absolute Gasteiger partial charge is 0.341 e. The van der Waals surface area contributed by atoms with Gasteiger partial charge in [0.1, 0.15) is 10.6 Å². The number of carbonyl (C=O) groups is 4. The monoisotopic (exact) mass is 472 g/mol. The van der Waals surface area contributed by atoms with Crippen molar-refractivity contribution in [1.29, 1.82) is 0 Å². The van der Waals surface area contributed by atoms with E-state index in [-0.39, 0.29) is 28.5 Å². The molecule has 0 aliphatic heterocycles. The Morgan fingerprint density at radius 2 is 1.88 bits per heavy atom. The van der Waals surface area contributed by atoms with Crippen LogP contribution in [0.1, 0.15) is 43.6 Å². The van der Waals surface area contributed by atoms with E-state index in [1.54, 1.807) is 13.8 Å². The summed E-state index contributed by atoms with van der Waals surface area (Å²) in [5, 5.41) is 5.99. The summed E-state index contributed by atoms with van der Waals surface area (Å²) in [4.78, 5) is 49.4. The lowest BCUT2D eigenvalue weighted by molar-refractivity contribution is -0.146. The fourth-order valence-corrected chi connectivity index (χ4v) is 4.38. The van der Waals surface area contributed by atoms with E-state index < -0.39 is 30.4 Å². The Morgan fingerprint density at radius 1 is 1.12 bits per heavy atom. The highest BCUT2D eigenvalue weighted by Gasteiger charge is 2.26. The van der Waals surface area contributed by atoms with Gasteiger partial charge in [0, 0.05) is 18.0 Å². The van der Waals surface area contributed by atoms with Crippen LogP contribution in [0.25, 0.3) is 11.0 Å². The summed E-state index contributed by atoms with van der Waals surface area (Å²) in [7, 11) is 1.47. The molecular formula is C23H24N2O7S. The Hall–Kier alpha value is -3.66. The molecule has 10 heteroatoms. The van der Waals surface area contributed by atoms with Crippen molar-refractivity contribution in [2.75, 3.05) is 25.6 Å². The van der Waals surface area contributed by atoms with Crippen LogP contribution in [0.4, 0.5) is 5.00 Å². The summed E-state index contributed by atoms with van der Waals surface area (Å²) in [6.45, 7) is 4.77. The summed E-state index contributed by atoms with van der Waals surface area (Å²) in [6, 6.07) is 5.65. The van der Waals surface area contributed by atoms with Gasteiger partial charge in [-0.1, -0.05) is 12.1 Å². The first-order valence-electron chi connectivity index (χ1n) is 10.2. The maximum Gasteiger partial charge on any atom is 0.341 e. The standard InChI is InChI=1S/C23H24N2O7S/c1-5-30-23(29)19-13(3)20(21(28)24-4)33-22(19)25-17(26)11-32-18(27)9-14-10-31-16-8-12(2)6-7-15(14)16/h6-8,10H,5,9,11H2,1-4H3,(H,24,28)(H,25,26). The second-order valence-electron chi connectivity index (χ2n) is 7.21. The van der Waals surface area contributed by atoms with Gasteiger partial charge in [-0.3, -0.25) is 14.4 Å². The Bertz CT molecular complexity index is 1230. The number of aryl methyl sites for hydroxylation is 1. The quantitative estimate of drug-likeness (QED) is 0.482. The van der Waals surface area contributed by atoms with E-state index in [0.717, 1.165) is 22.3 Å². The largest absolute Gasteiger partial charge is 0.464 e. The molecule has 0 atom stereocenters. The number of fused-ring (bicyclic) bond motifs is 1. The molecule has 3 rings (SSSR count). The van der Waals surface area contributed by atoms with Crippen LogP contribution >= 0.6 is 11.3 Å². The molecule has 0 saturated heterocycles. The second kappa shape index (κ2) is 10.3. The number of rotatable bonds is 8. The maximum absolute atomic E-state index is 12.4. The fourth-order valence-electron chi connectivity index (χ4n) is 3.22. The number of hydrogen-bond acceptors (Lipinski definition) is 8. The molecule has 0 saturated carbocycles. The van der Waals surface area contributed by atoms with Crippen molar-refractivity contribution in [3.8, 4) is 0 Å². The van der Waals surface area contributed by atoms with Crippen LogP contribution in [0.2, 0.25) is 0 Å². The molecule has 0 unspecified atom stereocenters. The molecule has 174 valence electrons. The van der Waals surface area contributed by atoms with Crippen LogP contribution in [-0.4, -0.2) is 44.0 Å². The Kier molecular flexibility index (Phi) is 7.49. The molecule has 2 N–H and O–H groups in total. The zero-order valence-corrected chi connectivity index (χ0v) is 19.5. The van der Waals surface area contributed by atoms with Gasteiger partial charge >= 0.3 is 11.9 Å². The minimum atomic E-state index is -0.657. The van der Waals surface area contributed by atoms with Gasteiger partial charge in [-0.25, -0.2) is 4.79 Å². The molecule has 3 aromatic rings. The van der Waals surface area contributed by atoms with Gasteiger partial charge in [0.15, 0.2) is 6.61 Å². The Balaban J connectivity index is 1.66. The number of amides is 2. The molecule has 9 nitrogen and oxygen atoms in total. The lowest BCUT2D eigenvalue weighted by Gasteiger charge is -2.08. The van der Waals surface area contributed by atoms with Gasteiger partial charge in [-0.2, -0.15) is 0 Å². The van der Waals surface area contributed by atoms with Crippen LogP contribution in [0.15, 0.2) is 28.9 Å². The predicted molar refractivity (Wildman–Crippen MR) is 123 cm³/mol. The van der Waals surface area contributed by atoms with E-state index in [1.807, 2.05) is 25.1 Å². The number of thiophene rings is 1. The van der Waals surface area contributed by atoms with Gasteiger partial charge in [-0.15, -0.1) is 11.3 Å². The third-order valence-corrected chi connectivity index (χ3v) is 6.03. The van der Waals surface area contributed by atoms with Crippen molar-refractivity contribution >= 4 is 51.1 Å². The maximum atomic E-state index is 12.4. The molecule has 0 spiro atoms. The molecular weight excluding hydrogens is 448 g/mol. The van der Waals surface area contributed by atoms with Crippen LogP contribution in [0, 0.1) is 13.8 Å². The first-order valence-corrected chi connectivity index (χ1v) is 11.0. The lowest BCUT2D eigenvalue weighted by Crippen LogP contribution is -2.22. The zero-order valence-electron chi connectivity index (χ0n) is 18.7. The minimum Gasteiger partial charge on any atom is -0.464 e. The molecule has 0 aliphatic rings. The number of benzene rings is 1. The van der Waals surface area contributed by atoms with Crippen molar-refractivity contribution in [2.45, 2.75) is 27.2 Å². The topological polar surface area (TPSA) is 124 Å². The van der Waals surface area contributed by atoms with Crippen molar-refractivity contribution < 1.29 is 33.1 Å². The summed E-state index contributed by atoms with van der Waals surface area (Å²) in [5.41, 5.74) is 2.85. The average molecular weight is 473 g/mol. The molecule has 0 fully saturated rings. The van der Waals surface area contributed by atoms with E-state index in [4.69, 9.17) is 13.9 Å². The van der Waals surface area contributed by atoms with E-state index >= 15 is 0 Å². The lowest BCUT2D eigenvalue weighted by atomic mass is 10.1. The summed E-state index contributed by atoms with van der Waals surface area (Å²) in [6.07, 6.45) is 1.43. The van der Waals surface area contributed by atoms with E-state index in [0.29, 0.717) is 16.7 Å². The van der Waals surface area contributed by atoms with Gasteiger partial charge in [0.25, 0.3) is 11.8 Å². The number of carbonyl (C=O) groups excluding carboxylic acids is 4. The summed E-state index contributed by atoms with van der Waals surface area (Å²) >= 11 is 0.944. The number of hydrogen-bond donors (Lipinski definition) is 2. The molecule has 0 radical (unpaired) electrons. The highest BCUT2D eigenvalue weighted by atomic mass is 32.1. The molecule has 1 aromatic carbocycles. The van der Waals surface area contributed by atoms with Crippen molar-refractivity contribution in [2.24, 2.45) is 0 Å². The number of furan rings is 1. The minimum absolute atomic E-state index is 0.0592. The summed E-state index contributed by atoms with van der Waals surface area (Å²) < 4.78 is 15.6. The molecule has 2 aromatic heterocycles. The van der Waals surface area contributed by atoms with Crippen molar-refractivity contribution in [3.63, 3.8) is 0 Å². The molecule has 0 aliphatic carbocycles. The Labute approximate surface area is 194 Å². The third-order valence-electron chi connectivity index (χ3n) is 4.82. The Morgan fingerprint density at radius 3 is 2.58 bits per heavy atom. The number of anilines is 1. The molecule has 0 bridgehead atoms. The van der Waals surface area contributed by atoms with Gasteiger partial charge in [0.05, 0.1) is 29.7 Å². The van der Waals surface area contributed by atoms with Crippen molar-refractivity contribution in [1.82, 2.24) is 5.32 Å². The van der Waals surface area contributed by atoms with Gasteiger partial charge < -0.3 is 24.5 Å². The second-order valence-corrected chi connectivity index (χ2v) is 8.23. The predicted octanol–water partition coefficient (Wildman–Crippen LogP) is 3.37. The van der Waals surface area contributed by atoms with Crippen molar-refractivity contribution in [3.05, 3.63) is 51.6 Å². The van der Waals surface area contributed by atoms with E-state index in [9.17, 15) is 19.2 Å². The van der Waals surface area contributed by atoms with Gasteiger partial charge in [-0.05, 0) is 38.0 Å². The highest BCUT2D eigenvalue weighted by Crippen LogP contribution is 2.33. The fraction of sp³-hybridized carbons (Fsp3) is 0.304.